The van der Waals surface area contributed by atoms with Crippen LogP contribution in [0.3, 0.4) is 0 Å². The minimum Gasteiger partial charge on any atom is -0.497 e. The highest BCUT2D eigenvalue weighted by Gasteiger charge is 2.21. The molecule has 0 fully saturated rings. The summed E-state index contributed by atoms with van der Waals surface area (Å²) in [5.41, 5.74) is 0.291. The maximum absolute atomic E-state index is 12.6. The lowest BCUT2D eigenvalue weighted by molar-refractivity contribution is 0.415. The van der Waals surface area contributed by atoms with Gasteiger partial charge in [0.1, 0.15) is 11.3 Å². The van der Waals surface area contributed by atoms with Crippen molar-refractivity contribution in [2.24, 2.45) is 0 Å². The van der Waals surface area contributed by atoms with Gasteiger partial charge in [-0.2, -0.15) is 8.42 Å². The Hall–Kier alpha value is -2.80. The Bertz CT molecular complexity index is 1050. The molecule has 0 saturated heterocycles. The number of ether oxygens (including phenoxy) is 1. The molecule has 2 aromatic carbocycles. The first-order chi connectivity index (χ1) is 11.4. The second kappa shape index (κ2) is 6.01. The van der Waals surface area contributed by atoms with Gasteiger partial charge in [-0.25, -0.2) is 0 Å². The van der Waals surface area contributed by atoms with Crippen LogP contribution in [0, 0.1) is 0 Å². The summed E-state index contributed by atoms with van der Waals surface area (Å²) in [6.07, 6.45) is 0.874. The number of methoxy groups -OCH3 is 1. The minimum atomic E-state index is -3.90. The molecule has 124 valence electrons. The van der Waals surface area contributed by atoms with E-state index in [1.807, 2.05) is 0 Å². The van der Waals surface area contributed by atoms with Crippen molar-refractivity contribution in [2.75, 3.05) is 13.4 Å². The predicted molar refractivity (Wildman–Crippen MR) is 89.9 cm³/mol. The van der Waals surface area contributed by atoms with E-state index in [-0.39, 0.29) is 16.9 Å². The predicted octanol–water partition coefficient (Wildman–Crippen LogP) is 2.81. The topological polar surface area (TPSA) is 82.8 Å². The Morgan fingerprint density at radius 1 is 1.00 bits per heavy atom. The van der Waals surface area contributed by atoms with Gasteiger partial charge in [-0.3, -0.25) is 4.79 Å². The summed E-state index contributed by atoms with van der Waals surface area (Å²) in [4.78, 5) is 12.6. The molecule has 0 unspecified atom stereocenters. The molecule has 0 N–H and O–H groups in total. The molecule has 3 rings (SSSR count). The molecular weight excluding hydrogens is 332 g/mol. The van der Waals surface area contributed by atoms with Crippen molar-refractivity contribution in [3.05, 3.63) is 58.8 Å². The number of fused-ring (bicyclic) bond motifs is 1. The molecule has 0 aliphatic carbocycles. The number of rotatable bonds is 4. The van der Waals surface area contributed by atoms with Gasteiger partial charge < -0.3 is 13.3 Å². The summed E-state index contributed by atoms with van der Waals surface area (Å²) >= 11 is 0. The summed E-state index contributed by atoms with van der Waals surface area (Å²) in [5.74, 6) is 0.306. The fourth-order valence-corrected chi connectivity index (χ4v) is 2.74. The van der Waals surface area contributed by atoms with Crippen LogP contribution in [0.1, 0.15) is 0 Å². The van der Waals surface area contributed by atoms with Crippen molar-refractivity contribution in [1.29, 1.82) is 0 Å². The monoisotopic (exact) mass is 346 g/mol. The molecule has 0 radical (unpaired) electrons. The van der Waals surface area contributed by atoms with Crippen molar-refractivity contribution in [3.63, 3.8) is 0 Å². The molecule has 24 heavy (non-hydrogen) atoms. The molecule has 0 spiro atoms. The molecule has 1 aromatic heterocycles. The van der Waals surface area contributed by atoms with Crippen molar-refractivity contribution >= 4 is 21.1 Å². The van der Waals surface area contributed by atoms with E-state index in [1.165, 1.54) is 7.11 Å². The van der Waals surface area contributed by atoms with Crippen LogP contribution >= 0.6 is 0 Å². The Morgan fingerprint density at radius 3 is 2.29 bits per heavy atom. The van der Waals surface area contributed by atoms with Crippen molar-refractivity contribution in [1.82, 2.24) is 0 Å². The van der Waals surface area contributed by atoms with Gasteiger partial charge in [0, 0.05) is 5.56 Å². The lowest BCUT2D eigenvalue weighted by atomic mass is 10.1. The highest BCUT2D eigenvalue weighted by molar-refractivity contribution is 7.86. The molecular formula is C17H14O6S. The van der Waals surface area contributed by atoms with Gasteiger partial charge in [0.2, 0.25) is 11.2 Å². The fraction of sp³-hybridized carbons (Fsp3) is 0.118. The Balaban J connectivity index is 2.31. The van der Waals surface area contributed by atoms with E-state index in [9.17, 15) is 13.2 Å². The van der Waals surface area contributed by atoms with Crippen LogP contribution in [0.4, 0.5) is 0 Å². The van der Waals surface area contributed by atoms with Crippen molar-refractivity contribution in [2.45, 2.75) is 0 Å². The van der Waals surface area contributed by atoms with E-state index in [1.54, 1.807) is 48.5 Å². The summed E-state index contributed by atoms with van der Waals surface area (Å²) in [6.45, 7) is 0. The maximum Gasteiger partial charge on any atom is 0.306 e. The SMILES string of the molecule is COc1ccc(-c2oc3ccccc3c(=O)c2OS(C)(=O)=O)cc1. The molecule has 6 nitrogen and oxygen atoms in total. The van der Waals surface area contributed by atoms with Crippen molar-refractivity contribution in [3.8, 4) is 22.8 Å². The smallest absolute Gasteiger partial charge is 0.306 e. The first-order valence-electron chi connectivity index (χ1n) is 6.99. The van der Waals surface area contributed by atoms with E-state index in [4.69, 9.17) is 13.3 Å². The average Bonchev–Trinajstić information content (AvgIpc) is 2.56. The maximum atomic E-state index is 12.6. The minimum absolute atomic E-state index is 0.0479. The van der Waals surface area contributed by atoms with Gasteiger partial charge in [0.05, 0.1) is 18.8 Å². The van der Waals surface area contributed by atoms with Gasteiger partial charge in [-0.05, 0) is 36.4 Å². The average molecular weight is 346 g/mol. The van der Waals surface area contributed by atoms with Crippen LogP contribution in [0.2, 0.25) is 0 Å². The quantitative estimate of drug-likeness (QED) is 0.676. The summed E-state index contributed by atoms with van der Waals surface area (Å²) in [5, 5.41) is 0.244. The van der Waals surface area contributed by atoms with Gasteiger partial charge in [-0.15, -0.1) is 0 Å². The van der Waals surface area contributed by atoms with Gasteiger partial charge in [-0.1, -0.05) is 12.1 Å². The number of benzene rings is 2. The van der Waals surface area contributed by atoms with Crippen LogP contribution in [0.15, 0.2) is 57.7 Å². The zero-order valence-corrected chi connectivity index (χ0v) is 13.8. The van der Waals surface area contributed by atoms with Crippen LogP contribution in [-0.2, 0) is 10.1 Å². The van der Waals surface area contributed by atoms with Crippen LogP contribution in [0.5, 0.6) is 11.5 Å². The second-order valence-electron chi connectivity index (χ2n) is 5.10. The van der Waals surface area contributed by atoms with Crippen molar-refractivity contribution < 1.29 is 21.8 Å². The Kier molecular flexibility index (Phi) is 4.02. The number of hydrogen-bond acceptors (Lipinski definition) is 6. The summed E-state index contributed by atoms with van der Waals surface area (Å²) < 4.78 is 38.9. The number of para-hydroxylation sites is 1. The van der Waals surface area contributed by atoms with Crippen LogP contribution in [-0.4, -0.2) is 21.8 Å². The molecule has 0 atom stereocenters. The third-order valence-corrected chi connectivity index (χ3v) is 3.81. The second-order valence-corrected chi connectivity index (χ2v) is 6.68. The zero-order valence-electron chi connectivity index (χ0n) is 13.0. The molecule has 1 heterocycles. The molecule has 3 aromatic rings. The summed E-state index contributed by atoms with van der Waals surface area (Å²) in [7, 11) is -2.37. The van der Waals surface area contributed by atoms with Gasteiger partial charge in [0.25, 0.3) is 0 Å². The highest BCUT2D eigenvalue weighted by atomic mass is 32.2. The van der Waals surface area contributed by atoms with Crippen LogP contribution < -0.4 is 14.3 Å². The normalized spacial score (nSPS) is 11.4. The molecule has 0 aliphatic rings. The van der Waals surface area contributed by atoms with Gasteiger partial charge >= 0.3 is 10.1 Å². The molecule has 0 amide bonds. The van der Waals surface area contributed by atoms with E-state index in [0.717, 1.165) is 6.26 Å². The first-order valence-corrected chi connectivity index (χ1v) is 8.80. The van der Waals surface area contributed by atoms with Gasteiger partial charge in [0.15, 0.2) is 5.76 Å². The highest BCUT2D eigenvalue weighted by Crippen LogP contribution is 2.32. The van der Waals surface area contributed by atoms with E-state index < -0.39 is 15.5 Å². The Labute approximate surface area is 138 Å². The lowest BCUT2D eigenvalue weighted by Gasteiger charge is -2.10. The van der Waals surface area contributed by atoms with E-state index in [0.29, 0.717) is 16.9 Å². The first kappa shape index (κ1) is 16.1. The Morgan fingerprint density at radius 2 is 1.67 bits per heavy atom. The molecule has 0 saturated carbocycles. The van der Waals surface area contributed by atoms with Crippen LogP contribution in [0.25, 0.3) is 22.3 Å². The fourth-order valence-electron chi connectivity index (χ4n) is 2.28. The largest absolute Gasteiger partial charge is 0.497 e. The van der Waals surface area contributed by atoms with E-state index in [2.05, 4.69) is 0 Å². The zero-order chi connectivity index (χ0) is 17.3. The molecule has 0 bridgehead atoms. The third-order valence-electron chi connectivity index (χ3n) is 3.34. The molecule has 7 heteroatoms. The lowest BCUT2D eigenvalue weighted by Crippen LogP contribution is -2.15. The standard InChI is InChI=1S/C17H14O6S/c1-21-12-9-7-11(8-10-12)16-17(23-24(2,19)20)15(18)13-5-3-4-6-14(13)22-16/h3-10H,1-2H3. The molecule has 0 aliphatic heterocycles. The summed E-state index contributed by atoms with van der Waals surface area (Å²) in [6, 6.07) is 13.2. The van der Waals surface area contributed by atoms with E-state index >= 15 is 0 Å². The third kappa shape index (κ3) is 3.11. The number of hydrogen-bond donors (Lipinski definition) is 0.